The average molecular weight is 274 g/mol. The lowest BCUT2D eigenvalue weighted by Crippen LogP contribution is -2.35. The Morgan fingerprint density at radius 1 is 1.32 bits per heavy atom. The third-order valence-electron chi connectivity index (χ3n) is 3.50. The predicted molar refractivity (Wildman–Crippen MR) is 77.1 cm³/mol. The summed E-state index contributed by atoms with van der Waals surface area (Å²) in [7, 11) is 0. The first kappa shape index (κ1) is 12.8. The van der Waals surface area contributed by atoms with Gasteiger partial charge < -0.3 is 10.1 Å². The summed E-state index contributed by atoms with van der Waals surface area (Å²) in [6.07, 6.45) is 4.30. The molecular formula is C15H18N2OS. The van der Waals surface area contributed by atoms with Crippen LogP contribution in [0.15, 0.2) is 42.0 Å². The second-order valence-corrected chi connectivity index (χ2v) is 5.81. The molecule has 1 aromatic heterocycles. The highest BCUT2D eigenvalue weighted by Crippen LogP contribution is 2.28. The van der Waals surface area contributed by atoms with Gasteiger partial charge in [-0.05, 0) is 18.4 Å². The molecule has 2 heterocycles. The van der Waals surface area contributed by atoms with Gasteiger partial charge in [-0.15, -0.1) is 11.3 Å². The molecule has 1 aliphatic rings. The van der Waals surface area contributed by atoms with Gasteiger partial charge in [-0.1, -0.05) is 30.3 Å². The van der Waals surface area contributed by atoms with Gasteiger partial charge in [-0.25, -0.2) is 0 Å². The van der Waals surface area contributed by atoms with Gasteiger partial charge in [-0.3, -0.25) is 4.98 Å². The highest BCUT2D eigenvalue weighted by atomic mass is 32.1. The average Bonchev–Trinajstić information content (AvgIpc) is 3.00. The van der Waals surface area contributed by atoms with Crippen LogP contribution in [0.25, 0.3) is 0 Å². The first-order valence-electron chi connectivity index (χ1n) is 6.69. The Labute approximate surface area is 117 Å². The van der Waals surface area contributed by atoms with Gasteiger partial charge in [0.05, 0.1) is 11.6 Å². The summed E-state index contributed by atoms with van der Waals surface area (Å²) >= 11 is 1.70. The van der Waals surface area contributed by atoms with E-state index in [2.05, 4.69) is 34.6 Å². The standard InChI is InChI=1S/C15H18N2OS/c1-2-4-12(5-3-1)15-8-13(6-7-18-15)17-10-14-9-16-11-19-14/h1-5,9,11,13,15,17H,6-8,10H2/t13-,15+/m0/s1. The van der Waals surface area contributed by atoms with Crippen LogP contribution in [0, 0.1) is 0 Å². The van der Waals surface area contributed by atoms with Crippen molar-refractivity contribution < 1.29 is 4.74 Å². The molecule has 1 fully saturated rings. The molecule has 19 heavy (non-hydrogen) atoms. The molecule has 2 atom stereocenters. The molecular weight excluding hydrogens is 256 g/mol. The van der Waals surface area contributed by atoms with E-state index < -0.39 is 0 Å². The number of thiazole rings is 1. The van der Waals surface area contributed by atoms with Crippen LogP contribution in [-0.4, -0.2) is 17.6 Å². The summed E-state index contributed by atoms with van der Waals surface area (Å²) in [5.74, 6) is 0. The third kappa shape index (κ3) is 3.41. The minimum Gasteiger partial charge on any atom is -0.373 e. The largest absolute Gasteiger partial charge is 0.373 e. The lowest BCUT2D eigenvalue weighted by Gasteiger charge is -2.30. The van der Waals surface area contributed by atoms with E-state index in [-0.39, 0.29) is 6.10 Å². The molecule has 0 saturated carbocycles. The van der Waals surface area contributed by atoms with Crippen molar-refractivity contribution in [1.29, 1.82) is 0 Å². The molecule has 1 N–H and O–H groups in total. The zero-order chi connectivity index (χ0) is 12.9. The van der Waals surface area contributed by atoms with E-state index in [9.17, 15) is 0 Å². The first-order chi connectivity index (χ1) is 9.42. The van der Waals surface area contributed by atoms with Crippen molar-refractivity contribution >= 4 is 11.3 Å². The first-order valence-corrected chi connectivity index (χ1v) is 7.57. The van der Waals surface area contributed by atoms with E-state index in [0.717, 1.165) is 26.0 Å². The second kappa shape index (κ2) is 6.28. The molecule has 1 aliphatic heterocycles. The Balaban J connectivity index is 1.56. The van der Waals surface area contributed by atoms with Crippen molar-refractivity contribution in [1.82, 2.24) is 10.3 Å². The summed E-state index contributed by atoms with van der Waals surface area (Å²) < 4.78 is 5.88. The molecule has 100 valence electrons. The lowest BCUT2D eigenvalue weighted by molar-refractivity contribution is 0.000000559. The van der Waals surface area contributed by atoms with Gasteiger partial charge in [0, 0.05) is 30.3 Å². The SMILES string of the molecule is c1ccc([C@H]2C[C@@H](NCc3cncs3)CCO2)cc1. The van der Waals surface area contributed by atoms with Crippen molar-refractivity contribution in [3.05, 3.63) is 52.5 Å². The molecule has 1 saturated heterocycles. The Morgan fingerprint density at radius 2 is 2.21 bits per heavy atom. The van der Waals surface area contributed by atoms with E-state index in [1.165, 1.54) is 10.4 Å². The number of hydrogen-bond acceptors (Lipinski definition) is 4. The summed E-state index contributed by atoms with van der Waals surface area (Å²) in [5.41, 5.74) is 3.17. The van der Waals surface area contributed by atoms with Crippen LogP contribution in [0.4, 0.5) is 0 Å². The number of nitrogens with one attached hydrogen (secondary N) is 1. The molecule has 0 radical (unpaired) electrons. The van der Waals surface area contributed by atoms with E-state index in [0.29, 0.717) is 6.04 Å². The van der Waals surface area contributed by atoms with Crippen LogP contribution < -0.4 is 5.32 Å². The normalized spacial score (nSPS) is 23.4. The molecule has 1 aromatic carbocycles. The van der Waals surface area contributed by atoms with Gasteiger partial charge in [0.15, 0.2) is 0 Å². The fraction of sp³-hybridized carbons (Fsp3) is 0.400. The molecule has 0 spiro atoms. The van der Waals surface area contributed by atoms with E-state index in [4.69, 9.17) is 4.74 Å². The quantitative estimate of drug-likeness (QED) is 0.930. The monoisotopic (exact) mass is 274 g/mol. The molecule has 2 aromatic rings. The van der Waals surface area contributed by atoms with Gasteiger partial charge in [-0.2, -0.15) is 0 Å². The highest BCUT2D eigenvalue weighted by molar-refractivity contribution is 7.09. The number of rotatable bonds is 4. The van der Waals surface area contributed by atoms with Gasteiger partial charge >= 0.3 is 0 Å². The zero-order valence-corrected chi connectivity index (χ0v) is 11.6. The Kier molecular flexibility index (Phi) is 4.23. The fourth-order valence-corrected chi connectivity index (χ4v) is 3.00. The van der Waals surface area contributed by atoms with Crippen molar-refractivity contribution in [3.63, 3.8) is 0 Å². The number of hydrogen-bond donors (Lipinski definition) is 1. The molecule has 0 unspecified atom stereocenters. The molecule has 4 heteroatoms. The number of ether oxygens (including phenoxy) is 1. The maximum Gasteiger partial charge on any atom is 0.0839 e. The third-order valence-corrected chi connectivity index (χ3v) is 4.28. The van der Waals surface area contributed by atoms with E-state index in [1.54, 1.807) is 11.3 Å². The number of aromatic nitrogens is 1. The Bertz CT molecular complexity index is 486. The van der Waals surface area contributed by atoms with Crippen LogP contribution in [0.5, 0.6) is 0 Å². The summed E-state index contributed by atoms with van der Waals surface area (Å²) in [5, 5.41) is 3.61. The Hall–Kier alpha value is -1.23. The molecule has 0 amide bonds. The second-order valence-electron chi connectivity index (χ2n) is 4.84. The van der Waals surface area contributed by atoms with Crippen molar-refractivity contribution in [2.75, 3.05) is 6.61 Å². The van der Waals surface area contributed by atoms with E-state index >= 15 is 0 Å². The van der Waals surface area contributed by atoms with Crippen LogP contribution in [0.2, 0.25) is 0 Å². The molecule has 0 bridgehead atoms. The predicted octanol–water partition coefficient (Wildman–Crippen LogP) is 3.15. The summed E-state index contributed by atoms with van der Waals surface area (Å²) in [6.45, 7) is 1.75. The maximum atomic E-state index is 5.88. The van der Waals surface area contributed by atoms with Crippen molar-refractivity contribution in [2.45, 2.75) is 31.5 Å². The number of nitrogens with zero attached hydrogens (tertiary/aromatic N) is 1. The maximum absolute atomic E-state index is 5.88. The summed E-state index contributed by atoms with van der Waals surface area (Å²) in [4.78, 5) is 5.40. The minimum absolute atomic E-state index is 0.230. The number of benzene rings is 1. The van der Waals surface area contributed by atoms with Crippen molar-refractivity contribution in [2.24, 2.45) is 0 Å². The fourth-order valence-electron chi connectivity index (χ4n) is 2.46. The van der Waals surface area contributed by atoms with E-state index in [1.807, 2.05) is 17.8 Å². The minimum atomic E-state index is 0.230. The van der Waals surface area contributed by atoms with Crippen LogP contribution >= 0.6 is 11.3 Å². The van der Waals surface area contributed by atoms with Crippen LogP contribution in [-0.2, 0) is 11.3 Å². The van der Waals surface area contributed by atoms with Crippen LogP contribution in [0.3, 0.4) is 0 Å². The lowest BCUT2D eigenvalue weighted by atomic mass is 9.97. The molecule has 0 aliphatic carbocycles. The molecule has 3 nitrogen and oxygen atoms in total. The Morgan fingerprint density at radius 3 is 3.00 bits per heavy atom. The van der Waals surface area contributed by atoms with Gasteiger partial charge in [0.25, 0.3) is 0 Å². The van der Waals surface area contributed by atoms with Gasteiger partial charge in [0.1, 0.15) is 0 Å². The van der Waals surface area contributed by atoms with Crippen LogP contribution in [0.1, 0.15) is 29.4 Å². The van der Waals surface area contributed by atoms with Crippen molar-refractivity contribution in [3.8, 4) is 0 Å². The highest BCUT2D eigenvalue weighted by Gasteiger charge is 2.23. The van der Waals surface area contributed by atoms with Gasteiger partial charge in [0.2, 0.25) is 0 Å². The summed E-state index contributed by atoms with van der Waals surface area (Å²) in [6, 6.07) is 11.0. The smallest absolute Gasteiger partial charge is 0.0839 e. The topological polar surface area (TPSA) is 34.2 Å². The zero-order valence-electron chi connectivity index (χ0n) is 10.8. The molecule has 3 rings (SSSR count).